The van der Waals surface area contributed by atoms with E-state index in [0.717, 1.165) is 29.2 Å². The Morgan fingerprint density at radius 3 is 2.88 bits per heavy atom. The molecule has 0 unspecified atom stereocenters. The summed E-state index contributed by atoms with van der Waals surface area (Å²) in [5.74, 6) is 0.627. The average Bonchev–Trinajstić information content (AvgIpc) is 2.26. The Balaban J connectivity index is 2.17. The molecule has 0 amide bonds. The van der Waals surface area contributed by atoms with Crippen molar-refractivity contribution in [3.05, 3.63) is 42.2 Å². The normalized spacial score (nSPS) is 29.0. The molecular formula is C14H15NO. The molecule has 2 heteroatoms. The van der Waals surface area contributed by atoms with E-state index >= 15 is 0 Å². The molecule has 2 aromatic rings. The van der Waals surface area contributed by atoms with E-state index in [0.29, 0.717) is 5.92 Å². The highest BCUT2D eigenvalue weighted by Gasteiger charge is 2.42. The molecule has 1 N–H and O–H groups in total. The Morgan fingerprint density at radius 2 is 2.12 bits per heavy atom. The van der Waals surface area contributed by atoms with Crippen LogP contribution < -0.4 is 0 Å². The minimum absolute atomic E-state index is 0.611. The van der Waals surface area contributed by atoms with Gasteiger partial charge in [0, 0.05) is 17.8 Å². The minimum atomic E-state index is -0.611. The van der Waals surface area contributed by atoms with Gasteiger partial charge in [0.05, 0.1) is 5.60 Å². The van der Waals surface area contributed by atoms with E-state index in [1.54, 1.807) is 6.20 Å². The lowest BCUT2D eigenvalue weighted by atomic mass is 9.67. The van der Waals surface area contributed by atoms with Crippen LogP contribution in [0.15, 0.2) is 36.7 Å². The summed E-state index contributed by atoms with van der Waals surface area (Å²) in [4.78, 5) is 4.11. The summed E-state index contributed by atoms with van der Waals surface area (Å²) >= 11 is 0. The summed E-state index contributed by atoms with van der Waals surface area (Å²) in [6, 6.07) is 8.07. The minimum Gasteiger partial charge on any atom is -0.385 e. The summed E-state index contributed by atoms with van der Waals surface area (Å²) in [7, 11) is 0. The lowest BCUT2D eigenvalue weighted by molar-refractivity contribution is -0.0726. The van der Waals surface area contributed by atoms with Crippen molar-refractivity contribution in [1.29, 1.82) is 0 Å². The van der Waals surface area contributed by atoms with Crippen LogP contribution in [0, 0.1) is 5.92 Å². The van der Waals surface area contributed by atoms with Crippen molar-refractivity contribution in [2.75, 3.05) is 0 Å². The first-order chi connectivity index (χ1) is 7.69. The fraction of sp³-hybridized carbons (Fsp3) is 0.357. The lowest BCUT2D eigenvalue weighted by Crippen LogP contribution is -2.39. The number of rotatable bonds is 1. The number of pyridine rings is 1. The molecule has 1 aliphatic rings. The predicted octanol–water partition coefficient (Wildman–Crippen LogP) is 2.85. The largest absolute Gasteiger partial charge is 0.385 e. The van der Waals surface area contributed by atoms with Crippen LogP contribution in [0.25, 0.3) is 10.8 Å². The maximum atomic E-state index is 10.5. The van der Waals surface area contributed by atoms with E-state index in [1.165, 1.54) is 0 Å². The molecular weight excluding hydrogens is 198 g/mol. The molecule has 0 atom stereocenters. The number of hydrogen-bond acceptors (Lipinski definition) is 2. The van der Waals surface area contributed by atoms with E-state index in [2.05, 4.69) is 11.9 Å². The molecule has 0 bridgehead atoms. The van der Waals surface area contributed by atoms with Gasteiger partial charge >= 0.3 is 0 Å². The zero-order valence-electron chi connectivity index (χ0n) is 9.35. The molecule has 0 radical (unpaired) electrons. The molecule has 0 aliphatic heterocycles. The standard InChI is InChI=1S/C14H15NO/c1-10-7-14(16,8-10)13-4-2-3-11-9-15-6-5-12(11)13/h2-6,9-10,16H,7-8H2,1H3. The SMILES string of the molecule is CC1CC(O)(c2cccc3cnccc23)C1. The predicted molar refractivity (Wildman–Crippen MR) is 64.0 cm³/mol. The fourth-order valence-electron chi connectivity index (χ4n) is 2.84. The van der Waals surface area contributed by atoms with Crippen LogP contribution in [0.5, 0.6) is 0 Å². The molecule has 82 valence electrons. The Labute approximate surface area is 94.9 Å². The maximum Gasteiger partial charge on any atom is 0.0907 e. The average molecular weight is 213 g/mol. The topological polar surface area (TPSA) is 33.1 Å². The van der Waals surface area contributed by atoms with Crippen molar-refractivity contribution in [3.8, 4) is 0 Å². The van der Waals surface area contributed by atoms with E-state index in [9.17, 15) is 5.11 Å². The van der Waals surface area contributed by atoms with Gasteiger partial charge in [-0.05, 0) is 35.8 Å². The van der Waals surface area contributed by atoms with Crippen molar-refractivity contribution in [3.63, 3.8) is 0 Å². The quantitative estimate of drug-likeness (QED) is 0.790. The lowest BCUT2D eigenvalue weighted by Gasteiger charge is -2.43. The van der Waals surface area contributed by atoms with Crippen LogP contribution in [-0.2, 0) is 5.60 Å². The molecule has 1 aliphatic carbocycles. The number of aliphatic hydroxyl groups is 1. The van der Waals surface area contributed by atoms with Crippen LogP contribution in [0.1, 0.15) is 25.3 Å². The number of hydrogen-bond donors (Lipinski definition) is 1. The zero-order valence-corrected chi connectivity index (χ0v) is 9.35. The van der Waals surface area contributed by atoms with Crippen molar-refractivity contribution in [2.24, 2.45) is 5.92 Å². The summed E-state index contributed by atoms with van der Waals surface area (Å²) in [5.41, 5.74) is 0.450. The second-order valence-corrected chi connectivity index (χ2v) is 4.95. The molecule has 0 saturated heterocycles. The summed E-state index contributed by atoms with van der Waals surface area (Å²) in [6.07, 6.45) is 5.38. The van der Waals surface area contributed by atoms with Gasteiger partial charge in [-0.15, -0.1) is 0 Å². The van der Waals surface area contributed by atoms with Gasteiger partial charge in [0.1, 0.15) is 0 Å². The molecule has 1 fully saturated rings. The second kappa shape index (κ2) is 3.29. The third-order valence-corrected chi connectivity index (χ3v) is 3.55. The second-order valence-electron chi connectivity index (χ2n) is 4.95. The van der Waals surface area contributed by atoms with E-state index in [4.69, 9.17) is 0 Å². The first-order valence-corrected chi connectivity index (χ1v) is 5.75. The summed E-state index contributed by atoms with van der Waals surface area (Å²) < 4.78 is 0. The summed E-state index contributed by atoms with van der Waals surface area (Å²) in [5, 5.41) is 12.8. The van der Waals surface area contributed by atoms with Gasteiger partial charge in [-0.2, -0.15) is 0 Å². The van der Waals surface area contributed by atoms with Gasteiger partial charge in [-0.1, -0.05) is 25.1 Å². The number of nitrogens with zero attached hydrogens (tertiary/aromatic N) is 1. The molecule has 1 aromatic carbocycles. The zero-order chi connectivity index (χ0) is 11.2. The molecule has 2 nitrogen and oxygen atoms in total. The number of benzene rings is 1. The van der Waals surface area contributed by atoms with Crippen LogP contribution in [0.2, 0.25) is 0 Å². The van der Waals surface area contributed by atoms with Crippen molar-refractivity contribution in [2.45, 2.75) is 25.4 Å². The fourth-order valence-corrected chi connectivity index (χ4v) is 2.84. The third-order valence-electron chi connectivity index (χ3n) is 3.55. The first kappa shape index (κ1) is 9.79. The molecule has 1 heterocycles. The van der Waals surface area contributed by atoms with Crippen LogP contribution in [-0.4, -0.2) is 10.1 Å². The van der Waals surface area contributed by atoms with E-state index in [1.807, 2.05) is 30.5 Å². The van der Waals surface area contributed by atoms with E-state index < -0.39 is 5.60 Å². The van der Waals surface area contributed by atoms with Crippen LogP contribution >= 0.6 is 0 Å². The van der Waals surface area contributed by atoms with Gasteiger partial charge in [0.15, 0.2) is 0 Å². The summed E-state index contributed by atoms with van der Waals surface area (Å²) in [6.45, 7) is 2.18. The first-order valence-electron chi connectivity index (χ1n) is 5.75. The highest BCUT2D eigenvalue weighted by molar-refractivity contribution is 5.85. The monoisotopic (exact) mass is 213 g/mol. The number of aromatic nitrogens is 1. The highest BCUT2D eigenvalue weighted by atomic mass is 16.3. The van der Waals surface area contributed by atoms with Gasteiger partial charge in [0.25, 0.3) is 0 Å². The maximum absolute atomic E-state index is 10.5. The number of fused-ring (bicyclic) bond motifs is 1. The van der Waals surface area contributed by atoms with Crippen LogP contribution in [0.3, 0.4) is 0 Å². The Kier molecular flexibility index (Phi) is 2.01. The van der Waals surface area contributed by atoms with Gasteiger partial charge < -0.3 is 5.11 Å². The molecule has 1 saturated carbocycles. The Morgan fingerprint density at radius 1 is 1.31 bits per heavy atom. The smallest absolute Gasteiger partial charge is 0.0907 e. The van der Waals surface area contributed by atoms with Crippen molar-refractivity contribution in [1.82, 2.24) is 4.98 Å². The van der Waals surface area contributed by atoms with Crippen LogP contribution in [0.4, 0.5) is 0 Å². The van der Waals surface area contributed by atoms with Gasteiger partial charge in [-0.25, -0.2) is 0 Å². The Bertz CT molecular complexity index is 524. The van der Waals surface area contributed by atoms with Crippen molar-refractivity contribution < 1.29 is 5.11 Å². The Hall–Kier alpha value is -1.41. The third kappa shape index (κ3) is 1.34. The molecule has 3 rings (SSSR count). The molecule has 16 heavy (non-hydrogen) atoms. The molecule has 0 spiro atoms. The van der Waals surface area contributed by atoms with Gasteiger partial charge in [-0.3, -0.25) is 4.98 Å². The van der Waals surface area contributed by atoms with Gasteiger partial charge in [0.2, 0.25) is 0 Å². The molecule has 1 aromatic heterocycles. The van der Waals surface area contributed by atoms with E-state index in [-0.39, 0.29) is 0 Å². The van der Waals surface area contributed by atoms with Crippen molar-refractivity contribution >= 4 is 10.8 Å². The highest BCUT2D eigenvalue weighted by Crippen LogP contribution is 2.47.